The number of hydrogen-bond acceptors (Lipinski definition) is 5. The quantitative estimate of drug-likeness (QED) is 0.877. The minimum Gasteiger partial charge on any atom is -0.482 e. The molecule has 0 spiro atoms. The van der Waals surface area contributed by atoms with Crippen LogP contribution in [0.3, 0.4) is 0 Å². The lowest BCUT2D eigenvalue weighted by molar-refractivity contribution is -0.139. The maximum Gasteiger partial charge on any atom is 0.341 e. The third-order valence-electron chi connectivity index (χ3n) is 4.14. The first-order valence-electron chi connectivity index (χ1n) is 8.05. The molecule has 0 saturated carbocycles. The molecule has 6 nitrogen and oxygen atoms in total. The Balaban J connectivity index is 1.54. The molecule has 1 aromatic heterocycles. The number of carboxylic acid groups (broad SMARTS) is 1. The van der Waals surface area contributed by atoms with Gasteiger partial charge in [0.1, 0.15) is 11.6 Å². The third kappa shape index (κ3) is 4.29. The minimum absolute atomic E-state index is 0.316. The van der Waals surface area contributed by atoms with E-state index in [-0.39, 0.29) is 6.61 Å². The number of rotatable bonds is 6. The van der Waals surface area contributed by atoms with Crippen molar-refractivity contribution in [3.63, 3.8) is 0 Å². The third-order valence-corrected chi connectivity index (χ3v) is 4.14. The second-order valence-electron chi connectivity index (χ2n) is 6.10. The van der Waals surface area contributed by atoms with Crippen LogP contribution in [0.5, 0.6) is 5.75 Å². The summed E-state index contributed by atoms with van der Waals surface area (Å²) >= 11 is 0. The summed E-state index contributed by atoms with van der Waals surface area (Å²) in [4.78, 5) is 21.8. The molecule has 2 heterocycles. The summed E-state index contributed by atoms with van der Waals surface area (Å²) in [5, 5.41) is 8.61. The first-order chi connectivity index (χ1) is 11.6. The summed E-state index contributed by atoms with van der Waals surface area (Å²) < 4.78 is 5.15. The van der Waals surface area contributed by atoms with Gasteiger partial charge >= 0.3 is 5.97 Å². The second kappa shape index (κ2) is 7.40. The van der Waals surface area contributed by atoms with Crippen molar-refractivity contribution in [1.82, 2.24) is 14.9 Å². The van der Waals surface area contributed by atoms with Gasteiger partial charge in [-0.3, -0.25) is 4.90 Å². The molecule has 24 heavy (non-hydrogen) atoms. The molecule has 2 aromatic rings. The number of aryl methyl sites for hydroxylation is 1. The zero-order valence-corrected chi connectivity index (χ0v) is 13.7. The van der Waals surface area contributed by atoms with Gasteiger partial charge in [0, 0.05) is 30.9 Å². The minimum atomic E-state index is -0.972. The second-order valence-corrected chi connectivity index (χ2v) is 6.10. The molecule has 0 radical (unpaired) electrons. The van der Waals surface area contributed by atoms with E-state index in [0.717, 1.165) is 37.6 Å². The normalized spacial score (nSPS) is 17.8. The van der Waals surface area contributed by atoms with Gasteiger partial charge in [-0.2, -0.15) is 0 Å². The van der Waals surface area contributed by atoms with E-state index in [0.29, 0.717) is 11.7 Å². The highest BCUT2D eigenvalue weighted by Crippen LogP contribution is 2.26. The zero-order valence-electron chi connectivity index (χ0n) is 13.7. The summed E-state index contributed by atoms with van der Waals surface area (Å²) in [7, 11) is 0. The predicted molar refractivity (Wildman–Crippen MR) is 89.0 cm³/mol. The summed E-state index contributed by atoms with van der Waals surface area (Å²) in [6.07, 6.45) is 2.90. The highest BCUT2D eigenvalue weighted by Gasteiger charge is 2.25. The monoisotopic (exact) mass is 327 g/mol. The molecule has 1 aliphatic heterocycles. The van der Waals surface area contributed by atoms with Crippen LogP contribution in [0.15, 0.2) is 36.5 Å². The van der Waals surface area contributed by atoms with Crippen LogP contribution in [0.1, 0.15) is 29.4 Å². The highest BCUT2D eigenvalue weighted by molar-refractivity contribution is 5.68. The van der Waals surface area contributed by atoms with Crippen LogP contribution in [0.4, 0.5) is 0 Å². The Labute approximate surface area is 141 Å². The van der Waals surface area contributed by atoms with Gasteiger partial charge in [-0.15, -0.1) is 0 Å². The summed E-state index contributed by atoms with van der Waals surface area (Å²) in [6, 6.07) is 9.51. The van der Waals surface area contributed by atoms with Crippen LogP contribution in [-0.4, -0.2) is 45.6 Å². The fourth-order valence-electron chi connectivity index (χ4n) is 2.95. The van der Waals surface area contributed by atoms with Crippen molar-refractivity contribution < 1.29 is 14.6 Å². The van der Waals surface area contributed by atoms with Gasteiger partial charge in [0.05, 0.1) is 0 Å². The molecule has 1 fully saturated rings. The Kier molecular flexibility index (Phi) is 5.05. The Morgan fingerprint density at radius 2 is 2.12 bits per heavy atom. The molecular weight excluding hydrogens is 306 g/mol. The van der Waals surface area contributed by atoms with E-state index in [1.165, 1.54) is 5.56 Å². The number of benzene rings is 1. The van der Waals surface area contributed by atoms with E-state index in [9.17, 15) is 4.79 Å². The van der Waals surface area contributed by atoms with E-state index < -0.39 is 5.97 Å². The average molecular weight is 327 g/mol. The molecule has 1 atom stereocenters. The number of aliphatic carboxylic acids is 1. The number of carbonyl (C=O) groups is 1. The number of hydrogen-bond donors (Lipinski definition) is 1. The van der Waals surface area contributed by atoms with Gasteiger partial charge in [-0.25, -0.2) is 14.8 Å². The molecule has 1 aromatic carbocycles. The molecule has 1 saturated heterocycles. The van der Waals surface area contributed by atoms with Crippen molar-refractivity contribution in [2.24, 2.45) is 0 Å². The Bertz CT molecular complexity index is 703. The van der Waals surface area contributed by atoms with Crippen LogP contribution < -0.4 is 4.74 Å². The largest absolute Gasteiger partial charge is 0.482 e. The van der Waals surface area contributed by atoms with Gasteiger partial charge in [0.25, 0.3) is 0 Å². The fraction of sp³-hybridized carbons (Fsp3) is 0.389. The molecule has 6 heteroatoms. The number of carboxylic acids is 1. The van der Waals surface area contributed by atoms with Crippen molar-refractivity contribution in [2.75, 3.05) is 19.7 Å². The molecule has 0 aliphatic carbocycles. The fourth-order valence-corrected chi connectivity index (χ4v) is 2.95. The van der Waals surface area contributed by atoms with Gasteiger partial charge < -0.3 is 9.84 Å². The molecular formula is C18H21N3O3. The average Bonchev–Trinajstić information content (AvgIpc) is 3.03. The van der Waals surface area contributed by atoms with E-state index in [4.69, 9.17) is 9.84 Å². The lowest BCUT2D eigenvalue weighted by atomic mass is 10.1. The first-order valence-corrected chi connectivity index (χ1v) is 8.05. The van der Waals surface area contributed by atoms with Gasteiger partial charge in [-0.1, -0.05) is 12.1 Å². The first kappa shape index (κ1) is 16.4. The van der Waals surface area contributed by atoms with E-state index >= 15 is 0 Å². The van der Waals surface area contributed by atoms with Crippen LogP contribution in [0.2, 0.25) is 0 Å². The van der Waals surface area contributed by atoms with Gasteiger partial charge in [0.2, 0.25) is 0 Å². The van der Waals surface area contributed by atoms with Crippen LogP contribution in [0.25, 0.3) is 0 Å². The Morgan fingerprint density at radius 3 is 2.83 bits per heavy atom. The number of aromatic nitrogens is 2. The highest BCUT2D eigenvalue weighted by atomic mass is 16.5. The van der Waals surface area contributed by atoms with Crippen LogP contribution in [-0.2, 0) is 11.3 Å². The standard InChI is InChI=1S/C18H21N3O3/c1-13-6-8-19-18(20-13)15-7-9-21(11-15)10-14-2-4-16(5-3-14)24-12-17(22)23/h2-6,8,15H,7,9-12H2,1H3,(H,22,23). The summed E-state index contributed by atoms with van der Waals surface area (Å²) in [5.41, 5.74) is 2.19. The molecule has 1 N–H and O–H groups in total. The van der Waals surface area contributed by atoms with Gasteiger partial charge in [-0.05, 0) is 43.7 Å². The smallest absolute Gasteiger partial charge is 0.341 e. The van der Waals surface area contributed by atoms with Gasteiger partial charge in [0.15, 0.2) is 6.61 Å². The Hall–Kier alpha value is -2.47. The Morgan fingerprint density at radius 1 is 1.33 bits per heavy atom. The molecule has 1 aliphatic rings. The lowest BCUT2D eigenvalue weighted by Gasteiger charge is -2.16. The molecule has 0 bridgehead atoms. The van der Waals surface area contributed by atoms with E-state index in [2.05, 4.69) is 14.9 Å². The van der Waals surface area contributed by atoms with E-state index in [1.54, 1.807) is 0 Å². The number of ether oxygens (including phenoxy) is 1. The topological polar surface area (TPSA) is 75.6 Å². The van der Waals surface area contributed by atoms with Crippen molar-refractivity contribution in [1.29, 1.82) is 0 Å². The van der Waals surface area contributed by atoms with Crippen LogP contribution >= 0.6 is 0 Å². The summed E-state index contributed by atoms with van der Waals surface area (Å²) in [6.45, 7) is 4.52. The van der Waals surface area contributed by atoms with Crippen molar-refractivity contribution in [3.8, 4) is 5.75 Å². The maximum atomic E-state index is 10.5. The van der Waals surface area contributed by atoms with Crippen molar-refractivity contribution in [3.05, 3.63) is 53.6 Å². The molecule has 1 unspecified atom stereocenters. The SMILES string of the molecule is Cc1ccnc(C2CCN(Cc3ccc(OCC(=O)O)cc3)C2)n1. The lowest BCUT2D eigenvalue weighted by Crippen LogP contribution is -2.20. The maximum absolute atomic E-state index is 10.5. The number of nitrogens with zero attached hydrogens (tertiary/aromatic N) is 3. The van der Waals surface area contributed by atoms with Crippen molar-refractivity contribution in [2.45, 2.75) is 25.8 Å². The number of likely N-dealkylation sites (tertiary alicyclic amines) is 1. The predicted octanol–water partition coefficient (Wildman–Crippen LogP) is 2.24. The molecule has 0 amide bonds. The van der Waals surface area contributed by atoms with E-state index in [1.807, 2.05) is 43.5 Å². The molecule has 3 rings (SSSR count). The summed E-state index contributed by atoms with van der Waals surface area (Å²) in [5.74, 6) is 0.937. The zero-order chi connectivity index (χ0) is 16.9. The van der Waals surface area contributed by atoms with Crippen LogP contribution in [0, 0.1) is 6.92 Å². The molecule has 126 valence electrons. The van der Waals surface area contributed by atoms with Crippen molar-refractivity contribution >= 4 is 5.97 Å².